The Balaban J connectivity index is 3.34. The molecule has 0 saturated heterocycles. The van der Waals surface area contributed by atoms with E-state index < -0.39 is 28.3 Å². The van der Waals surface area contributed by atoms with Gasteiger partial charge in [0.15, 0.2) is 5.92 Å². The van der Waals surface area contributed by atoms with E-state index >= 15 is 0 Å². The largest absolute Gasteiger partial charge is 0.465 e. The Kier molecular flexibility index (Phi) is 6.27. The molecule has 7 heteroatoms. The Hall–Kier alpha value is -1.50. The van der Waals surface area contributed by atoms with Crippen molar-refractivity contribution in [2.24, 2.45) is 0 Å². The Morgan fingerprint density at radius 1 is 1.22 bits per heavy atom. The highest BCUT2D eigenvalue weighted by Crippen LogP contribution is 2.41. The fourth-order valence-electron chi connectivity index (χ4n) is 1.93. The van der Waals surface area contributed by atoms with Gasteiger partial charge in [0, 0.05) is 0 Å². The number of hydrogen-bond donors (Lipinski definition) is 0. The third kappa shape index (κ3) is 5.57. The summed E-state index contributed by atoms with van der Waals surface area (Å²) in [6, 6.07) is 5.61. The molecule has 4 nitrogen and oxygen atoms in total. The Morgan fingerprint density at radius 3 is 2.26 bits per heavy atom. The van der Waals surface area contributed by atoms with E-state index in [0.29, 0.717) is 0 Å². The third-order valence-electron chi connectivity index (χ3n) is 2.74. The fourth-order valence-corrected chi connectivity index (χ4v) is 2.36. The number of ether oxygens (including phenoxy) is 2. The van der Waals surface area contributed by atoms with Crippen LogP contribution in [0.4, 0.5) is 8.78 Å². The van der Waals surface area contributed by atoms with Gasteiger partial charge in [-0.05, 0) is 55.3 Å². The predicted octanol–water partition coefficient (Wildman–Crippen LogP) is 4.28. The summed E-state index contributed by atoms with van der Waals surface area (Å²) in [5.74, 6) is -3.85. The van der Waals surface area contributed by atoms with Crippen LogP contribution in [-0.2, 0) is 14.3 Å². The average Bonchev–Trinajstić information content (AvgIpc) is 2.36. The molecule has 23 heavy (non-hydrogen) atoms. The molecule has 0 aliphatic heterocycles. The number of halogens is 3. The molecule has 0 fully saturated rings. The summed E-state index contributed by atoms with van der Waals surface area (Å²) in [6.07, 6.45) is 0. The lowest BCUT2D eigenvalue weighted by atomic mass is 9.94. The molecule has 1 unspecified atom stereocenters. The molecule has 1 aromatic carbocycles. The minimum Gasteiger partial charge on any atom is -0.465 e. The Labute approximate surface area is 142 Å². The molecule has 0 aromatic heterocycles. The van der Waals surface area contributed by atoms with Crippen molar-refractivity contribution in [1.29, 1.82) is 0 Å². The number of esters is 2. The van der Waals surface area contributed by atoms with Gasteiger partial charge in [0.1, 0.15) is 5.60 Å². The van der Waals surface area contributed by atoms with Gasteiger partial charge in [-0.2, -0.15) is 8.78 Å². The standard InChI is InChI=1S/C16H19BrF2O4/c1-5-22-14(21)12(16(17,18)19)10-8-6-7-9-11(10)13(20)23-15(2,3)4/h6-9,12H,5H2,1-4H3. The van der Waals surface area contributed by atoms with Crippen LogP contribution in [0.15, 0.2) is 24.3 Å². The lowest BCUT2D eigenvalue weighted by Crippen LogP contribution is -2.31. The molecule has 128 valence electrons. The molecule has 0 N–H and O–H groups in total. The minimum absolute atomic E-state index is 0.0486. The first-order chi connectivity index (χ1) is 10.5. The molecule has 0 bridgehead atoms. The van der Waals surface area contributed by atoms with Crippen LogP contribution >= 0.6 is 15.9 Å². The number of carbonyl (C=O) groups excluding carboxylic acids is 2. The van der Waals surface area contributed by atoms with Crippen molar-refractivity contribution in [2.75, 3.05) is 6.61 Å². The monoisotopic (exact) mass is 392 g/mol. The lowest BCUT2D eigenvalue weighted by Gasteiger charge is -2.24. The molecular formula is C16H19BrF2O4. The van der Waals surface area contributed by atoms with Gasteiger partial charge in [-0.15, -0.1) is 0 Å². The quantitative estimate of drug-likeness (QED) is 0.554. The average molecular weight is 393 g/mol. The summed E-state index contributed by atoms with van der Waals surface area (Å²) in [7, 11) is 0. The van der Waals surface area contributed by atoms with Crippen molar-refractivity contribution in [3.63, 3.8) is 0 Å². The van der Waals surface area contributed by atoms with E-state index in [0.717, 1.165) is 0 Å². The summed E-state index contributed by atoms with van der Waals surface area (Å²) < 4.78 is 37.7. The molecule has 0 saturated carbocycles. The van der Waals surface area contributed by atoms with E-state index in [1.165, 1.54) is 31.2 Å². The van der Waals surface area contributed by atoms with E-state index in [-0.39, 0.29) is 17.7 Å². The second-order valence-electron chi connectivity index (χ2n) is 5.82. The maximum Gasteiger partial charge on any atom is 0.338 e. The van der Waals surface area contributed by atoms with Crippen LogP contribution in [0.3, 0.4) is 0 Å². The summed E-state index contributed by atoms with van der Waals surface area (Å²) in [4.78, 5) is 20.7. The van der Waals surface area contributed by atoms with Crippen LogP contribution in [-0.4, -0.2) is 29.0 Å². The van der Waals surface area contributed by atoms with Gasteiger partial charge in [0.05, 0.1) is 12.2 Å². The second kappa shape index (κ2) is 7.38. The molecule has 0 radical (unpaired) electrons. The normalized spacial score (nSPS) is 13.3. The first kappa shape index (κ1) is 19.5. The van der Waals surface area contributed by atoms with Crippen molar-refractivity contribution in [3.05, 3.63) is 35.4 Å². The maximum absolute atomic E-state index is 13.9. The van der Waals surface area contributed by atoms with Crippen LogP contribution in [0.5, 0.6) is 0 Å². The van der Waals surface area contributed by atoms with Crippen molar-refractivity contribution in [3.8, 4) is 0 Å². The van der Waals surface area contributed by atoms with Crippen molar-refractivity contribution in [1.82, 2.24) is 0 Å². The second-order valence-corrected chi connectivity index (χ2v) is 6.87. The summed E-state index contributed by atoms with van der Waals surface area (Å²) >= 11 is 2.21. The number of alkyl halides is 3. The zero-order valence-electron chi connectivity index (χ0n) is 13.4. The van der Waals surface area contributed by atoms with Gasteiger partial charge in [0.2, 0.25) is 0 Å². The smallest absolute Gasteiger partial charge is 0.338 e. The molecular weight excluding hydrogens is 374 g/mol. The zero-order chi connectivity index (χ0) is 17.8. The van der Waals surface area contributed by atoms with Crippen molar-refractivity contribution >= 4 is 27.9 Å². The van der Waals surface area contributed by atoms with Gasteiger partial charge < -0.3 is 9.47 Å². The van der Waals surface area contributed by atoms with E-state index in [1.54, 1.807) is 20.8 Å². The topological polar surface area (TPSA) is 52.6 Å². The molecule has 0 heterocycles. The number of carbonyl (C=O) groups is 2. The molecule has 1 rings (SSSR count). The molecule has 0 amide bonds. The fraction of sp³-hybridized carbons (Fsp3) is 0.500. The van der Waals surface area contributed by atoms with Gasteiger partial charge in [-0.25, -0.2) is 4.79 Å². The lowest BCUT2D eigenvalue weighted by molar-refractivity contribution is -0.149. The zero-order valence-corrected chi connectivity index (χ0v) is 14.9. The van der Waals surface area contributed by atoms with E-state index in [4.69, 9.17) is 9.47 Å². The summed E-state index contributed by atoms with van der Waals surface area (Å²) in [5, 5.41) is 0. The maximum atomic E-state index is 13.9. The predicted molar refractivity (Wildman–Crippen MR) is 84.9 cm³/mol. The number of hydrogen-bond acceptors (Lipinski definition) is 4. The van der Waals surface area contributed by atoms with Crippen LogP contribution in [0.2, 0.25) is 0 Å². The Bertz CT molecular complexity index is 576. The third-order valence-corrected chi connectivity index (χ3v) is 3.20. The van der Waals surface area contributed by atoms with Gasteiger partial charge >= 0.3 is 16.8 Å². The van der Waals surface area contributed by atoms with E-state index in [9.17, 15) is 18.4 Å². The number of rotatable bonds is 5. The molecule has 0 aliphatic rings. The van der Waals surface area contributed by atoms with Crippen LogP contribution in [0, 0.1) is 0 Å². The first-order valence-corrected chi connectivity index (χ1v) is 7.82. The summed E-state index contributed by atoms with van der Waals surface area (Å²) in [5.41, 5.74) is -1.04. The van der Waals surface area contributed by atoms with Crippen LogP contribution in [0.1, 0.15) is 49.5 Å². The minimum atomic E-state index is -3.57. The van der Waals surface area contributed by atoms with Gasteiger partial charge in [-0.3, -0.25) is 4.79 Å². The SMILES string of the molecule is CCOC(=O)C(c1ccccc1C(=O)OC(C)(C)C)C(F)(F)Br. The van der Waals surface area contributed by atoms with E-state index in [2.05, 4.69) is 15.9 Å². The van der Waals surface area contributed by atoms with E-state index in [1.807, 2.05) is 0 Å². The van der Waals surface area contributed by atoms with Gasteiger partial charge in [0.25, 0.3) is 0 Å². The van der Waals surface area contributed by atoms with Crippen LogP contribution < -0.4 is 0 Å². The highest BCUT2D eigenvalue weighted by Gasteiger charge is 2.46. The molecule has 0 aliphatic carbocycles. The number of benzene rings is 1. The molecule has 1 aromatic rings. The molecule has 0 spiro atoms. The first-order valence-electron chi connectivity index (χ1n) is 7.03. The highest BCUT2D eigenvalue weighted by atomic mass is 79.9. The van der Waals surface area contributed by atoms with Crippen molar-refractivity contribution in [2.45, 2.75) is 44.0 Å². The van der Waals surface area contributed by atoms with Gasteiger partial charge in [-0.1, -0.05) is 18.2 Å². The highest BCUT2D eigenvalue weighted by molar-refractivity contribution is 9.10. The Morgan fingerprint density at radius 2 is 1.78 bits per heavy atom. The van der Waals surface area contributed by atoms with Crippen molar-refractivity contribution < 1.29 is 27.8 Å². The van der Waals surface area contributed by atoms with Crippen LogP contribution in [0.25, 0.3) is 0 Å². The molecule has 1 atom stereocenters. The summed E-state index contributed by atoms with van der Waals surface area (Å²) in [6.45, 7) is 6.45.